The van der Waals surface area contributed by atoms with Gasteiger partial charge in [-0.05, 0) is 35.6 Å². The highest BCUT2D eigenvalue weighted by Gasteiger charge is 2.14. The fraction of sp³-hybridized carbons (Fsp3) is 0.154. The van der Waals surface area contributed by atoms with Crippen LogP contribution in [-0.2, 0) is 4.74 Å². The Morgan fingerprint density at radius 1 is 1.52 bits per heavy atom. The molecule has 3 aromatic rings. The Morgan fingerprint density at radius 2 is 2.33 bits per heavy atom. The van der Waals surface area contributed by atoms with Gasteiger partial charge in [-0.2, -0.15) is 10.2 Å². The second-order valence-corrected chi connectivity index (χ2v) is 5.28. The molecule has 6 nitrogen and oxygen atoms in total. The Labute approximate surface area is 132 Å². The fourth-order valence-electron chi connectivity index (χ4n) is 1.95. The number of aromatic nitrogens is 4. The summed E-state index contributed by atoms with van der Waals surface area (Å²) >= 11 is 2.02. The molecule has 0 atom stereocenters. The van der Waals surface area contributed by atoms with Crippen molar-refractivity contribution in [2.24, 2.45) is 0 Å². The lowest BCUT2D eigenvalue weighted by Gasteiger charge is -2.02. The highest BCUT2D eigenvalue weighted by molar-refractivity contribution is 14.1. The number of benzene rings is 1. The number of carbonyl (C=O) groups is 1. The van der Waals surface area contributed by atoms with Crippen LogP contribution in [-0.4, -0.2) is 32.6 Å². The van der Waals surface area contributed by atoms with Crippen LogP contribution in [0.15, 0.2) is 24.5 Å². The van der Waals surface area contributed by atoms with Gasteiger partial charge in [0.05, 0.1) is 24.1 Å². The van der Waals surface area contributed by atoms with Crippen molar-refractivity contribution in [1.29, 1.82) is 0 Å². The number of esters is 1. The zero-order chi connectivity index (χ0) is 15.0. The lowest BCUT2D eigenvalue weighted by atomic mass is 10.2. The van der Waals surface area contributed by atoms with E-state index in [0.717, 1.165) is 0 Å². The molecule has 0 aliphatic carbocycles. The number of H-pyrrole nitrogens is 1. The Morgan fingerprint density at radius 3 is 3.10 bits per heavy atom. The third kappa shape index (κ3) is 2.50. The molecule has 1 aromatic carbocycles. The van der Waals surface area contributed by atoms with Crippen molar-refractivity contribution in [2.75, 3.05) is 6.61 Å². The van der Waals surface area contributed by atoms with E-state index < -0.39 is 11.8 Å². The highest BCUT2D eigenvalue weighted by atomic mass is 127. The molecule has 0 fully saturated rings. The van der Waals surface area contributed by atoms with Gasteiger partial charge in [0.25, 0.3) is 0 Å². The molecule has 108 valence electrons. The van der Waals surface area contributed by atoms with Crippen LogP contribution in [0.5, 0.6) is 0 Å². The van der Waals surface area contributed by atoms with Crippen molar-refractivity contribution in [2.45, 2.75) is 6.92 Å². The maximum absolute atomic E-state index is 14.0. The third-order valence-electron chi connectivity index (χ3n) is 2.92. The summed E-state index contributed by atoms with van der Waals surface area (Å²) in [7, 11) is 0. The summed E-state index contributed by atoms with van der Waals surface area (Å²) in [5.74, 6) is -0.880. The summed E-state index contributed by atoms with van der Waals surface area (Å²) < 4.78 is 21.0. The van der Waals surface area contributed by atoms with Gasteiger partial charge in [-0.3, -0.25) is 5.10 Å². The van der Waals surface area contributed by atoms with Crippen LogP contribution < -0.4 is 0 Å². The van der Waals surface area contributed by atoms with Crippen molar-refractivity contribution in [1.82, 2.24) is 20.0 Å². The summed E-state index contributed by atoms with van der Waals surface area (Å²) in [6.45, 7) is 2.02. The molecule has 2 heterocycles. The quantitative estimate of drug-likeness (QED) is 0.542. The first-order valence-corrected chi connectivity index (χ1v) is 7.23. The topological polar surface area (TPSA) is 72.8 Å². The molecular formula is C13H10FIN4O2. The first-order valence-electron chi connectivity index (χ1n) is 6.15. The van der Waals surface area contributed by atoms with Crippen molar-refractivity contribution >= 4 is 39.5 Å². The Kier molecular flexibility index (Phi) is 3.62. The number of aromatic amines is 1. The third-order valence-corrected chi connectivity index (χ3v) is 3.74. The smallest absolute Gasteiger partial charge is 0.341 e. The number of nitrogens with one attached hydrogen (secondary N) is 1. The second kappa shape index (κ2) is 5.43. The zero-order valence-corrected chi connectivity index (χ0v) is 13.1. The van der Waals surface area contributed by atoms with E-state index in [9.17, 15) is 9.18 Å². The molecule has 2 aromatic heterocycles. The lowest BCUT2D eigenvalue weighted by Crippen LogP contribution is -2.03. The SMILES string of the molecule is CCOC(=O)c1cnn(-c2cc(F)c3[nH]nc(I)c3c2)c1. The van der Waals surface area contributed by atoms with Gasteiger partial charge in [-0.25, -0.2) is 13.9 Å². The van der Waals surface area contributed by atoms with E-state index in [-0.39, 0.29) is 6.61 Å². The normalized spacial score (nSPS) is 11.0. The summed E-state index contributed by atoms with van der Waals surface area (Å²) in [5.41, 5.74) is 1.18. The molecule has 21 heavy (non-hydrogen) atoms. The van der Waals surface area contributed by atoms with Gasteiger partial charge in [0.2, 0.25) is 0 Å². The standard InChI is InChI=1S/C13H10FIN4O2/c1-2-21-13(20)7-5-16-19(6-7)8-3-9-11(10(14)4-8)17-18-12(9)15/h3-6H,2H2,1H3,(H,17,18). The maximum atomic E-state index is 14.0. The molecule has 1 N–H and O–H groups in total. The molecule has 0 saturated carbocycles. The minimum atomic E-state index is -0.455. The predicted octanol–water partition coefficient (Wildman–Crippen LogP) is 2.67. The number of hydrogen-bond acceptors (Lipinski definition) is 4. The van der Waals surface area contributed by atoms with Gasteiger partial charge in [-0.1, -0.05) is 0 Å². The maximum Gasteiger partial charge on any atom is 0.341 e. The molecule has 0 bridgehead atoms. The number of hydrogen-bond donors (Lipinski definition) is 1. The number of nitrogens with zero attached hydrogens (tertiary/aromatic N) is 3. The van der Waals surface area contributed by atoms with Crippen LogP contribution in [0.2, 0.25) is 0 Å². The summed E-state index contributed by atoms with van der Waals surface area (Å²) in [4.78, 5) is 11.6. The van der Waals surface area contributed by atoms with Crippen LogP contribution in [0.3, 0.4) is 0 Å². The van der Waals surface area contributed by atoms with E-state index >= 15 is 0 Å². The molecule has 0 saturated heterocycles. The van der Waals surface area contributed by atoms with E-state index in [2.05, 4.69) is 15.3 Å². The fourth-order valence-corrected chi connectivity index (χ4v) is 2.50. The van der Waals surface area contributed by atoms with Gasteiger partial charge >= 0.3 is 5.97 Å². The van der Waals surface area contributed by atoms with Crippen LogP contribution in [0.1, 0.15) is 17.3 Å². The lowest BCUT2D eigenvalue weighted by molar-refractivity contribution is 0.0526. The Balaban J connectivity index is 2.04. The van der Waals surface area contributed by atoms with Gasteiger partial charge in [-0.15, -0.1) is 0 Å². The van der Waals surface area contributed by atoms with Crippen molar-refractivity contribution < 1.29 is 13.9 Å². The minimum Gasteiger partial charge on any atom is -0.462 e. The predicted molar refractivity (Wildman–Crippen MR) is 81.8 cm³/mol. The van der Waals surface area contributed by atoms with E-state index in [4.69, 9.17) is 4.74 Å². The molecule has 0 aliphatic rings. The first-order chi connectivity index (χ1) is 10.1. The Hall–Kier alpha value is -1.97. The zero-order valence-electron chi connectivity index (χ0n) is 10.9. The first kappa shape index (κ1) is 14.0. The summed E-state index contributed by atoms with van der Waals surface area (Å²) in [6.07, 6.45) is 2.89. The molecule has 0 radical (unpaired) electrons. The van der Waals surface area contributed by atoms with Crippen LogP contribution >= 0.6 is 22.6 Å². The minimum absolute atomic E-state index is 0.289. The average Bonchev–Trinajstić information content (AvgIpc) is 3.07. The van der Waals surface area contributed by atoms with Crippen LogP contribution in [0.4, 0.5) is 4.39 Å². The van der Waals surface area contributed by atoms with E-state index in [1.807, 2.05) is 22.6 Å². The Bertz CT molecular complexity index is 827. The van der Waals surface area contributed by atoms with Crippen LogP contribution in [0.25, 0.3) is 16.6 Å². The largest absolute Gasteiger partial charge is 0.462 e. The van der Waals surface area contributed by atoms with Crippen LogP contribution in [0, 0.1) is 9.52 Å². The molecule has 0 amide bonds. The van der Waals surface area contributed by atoms with Crippen molar-refractivity contribution in [3.8, 4) is 5.69 Å². The van der Waals surface area contributed by atoms with Crippen molar-refractivity contribution in [3.63, 3.8) is 0 Å². The highest BCUT2D eigenvalue weighted by Crippen LogP contribution is 2.24. The van der Waals surface area contributed by atoms with Gasteiger partial charge < -0.3 is 4.74 Å². The monoisotopic (exact) mass is 400 g/mol. The van der Waals surface area contributed by atoms with E-state index in [0.29, 0.717) is 25.9 Å². The number of ether oxygens (including phenoxy) is 1. The molecule has 0 unspecified atom stereocenters. The number of rotatable bonds is 3. The molecule has 3 rings (SSSR count). The summed E-state index contributed by atoms with van der Waals surface area (Å²) in [6, 6.07) is 3.09. The molecule has 0 spiro atoms. The van der Waals surface area contributed by atoms with Gasteiger partial charge in [0.15, 0.2) is 5.82 Å². The second-order valence-electron chi connectivity index (χ2n) is 4.26. The van der Waals surface area contributed by atoms with Crippen molar-refractivity contribution in [3.05, 3.63) is 39.6 Å². The average molecular weight is 400 g/mol. The number of halogens is 2. The number of fused-ring (bicyclic) bond motifs is 1. The van der Waals surface area contributed by atoms with Gasteiger partial charge in [0, 0.05) is 17.6 Å². The number of carbonyl (C=O) groups excluding carboxylic acids is 1. The van der Waals surface area contributed by atoms with E-state index in [1.54, 1.807) is 13.0 Å². The molecule has 0 aliphatic heterocycles. The van der Waals surface area contributed by atoms with E-state index in [1.165, 1.54) is 23.1 Å². The molecule has 8 heteroatoms. The summed E-state index contributed by atoms with van der Waals surface area (Å²) in [5, 5.41) is 11.3. The molecular weight excluding hydrogens is 390 g/mol. The van der Waals surface area contributed by atoms with Gasteiger partial charge in [0.1, 0.15) is 9.22 Å².